The van der Waals surface area contributed by atoms with Crippen molar-refractivity contribution in [2.45, 2.75) is 84.3 Å². The molecule has 0 bridgehead atoms. The quantitative estimate of drug-likeness (QED) is 0.356. The average Bonchev–Trinajstić information content (AvgIpc) is 3.30. The summed E-state index contributed by atoms with van der Waals surface area (Å²) in [7, 11) is 0. The van der Waals surface area contributed by atoms with Gasteiger partial charge in [0.2, 0.25) is 0 Å². The van der Waals surface area contributed by atoms with E-state index in [0.29, 0.717) is 25.0 Å². The van der Waals surface area contributed by atoms with E-state index in [1.807, 2.05) is 22.9 Å². The summed E-state index contributed by atoms with van der Waals surface area (Å²) >= 11 is 0. The number of carbonyl (C=O) groups excluding carboxylic acids is 3. The van der Waals surface area contributed by atoms with Crippen molar-refractivity contribution < 1.29 is 28.6 Å². The number of rotatable bonds is 8. The Kier molecular flexibility index (Phi) is 8.29. The van der Waals surface area contributed by atoms with Crippen molar-refractivity contribution in [1.29, 1.82) is 0 Å². The molecule has 0 aromatic carbocycles. The first-order valence-corrected chi connectivity index (χ1v) is 12.6. The van der Waals surface area contributed by atoms with E-state index in [-0.39, 0.29) is 25.0 Å². The highest BCUT2D eigenvalue weighted by atomic mass is 16.6. The van der Waals surface area contributed by atoms with Gasteiger partial charge in [-0.2, -0.15) is 0 Å². The smallest absolute Gasteiger partial charge is 0.419 e. The second-order valence-electron chi connectivity index (χ2n) is 11.2. The Labute approximate surface area is 218 Å². The van der Waals surface area contributed by atoms with E-state index < -0.39 is 28.8 Å². The number of aromatic nitrogens is 3. The number of nitrogens with zero attached hydrogens (tertiary/aromatic N) is 4. The molecule has 3 rings (SSSR count). The molecular formula is C27H38N4O6. The molecule has 0 aliphatic heterocycles. The van der Waals surface area contributed by atoms with Crippen LogP contribution >= 0.6 is 0 Å². The molecule has 2 aromatic heterocycles. The van der Waals surface area contributed by atoms with Crippen molar-refractivity contribution in [1.82, 2.24) is 19.4 Å². The number of amides is 2. The maximum atomic E-state index is 13.1. The van der Waals surface area contributed by atoms with Gasteiger partial charge in [0.15, 0.2) is 0 Å². The molecule has 2 amide bonds. The van der Waals surface area contributed by atoms with Crippen LogP contribution in [0.15, 0.2) is 37.1 Å². The van der Waals surface area contributed by atoms with Gasteiger partial charge >= 0.3 is 18.2 Å². The molecule has 10 heteroatoms. The van der Waals surface area contributed by atoms with Gasteiger partial charge in [0.05, 0.1) is 18.6 Å². The minimum atomic E-state index is -0.850. The fraction of sp³-hybridized carbons (Fsp3) is 0.593. The number of hydrogen-bond donors (Lipinski definition) is 0. The van der Waals surface area contributed by atoms with Gasteiger partial charge in [-0.3, -0.25) is 9.78 Å². The summed E-state index contributed by atoms with van der Waals surface area (Å²) in [5.74, 6) is -0.345. The normalized spacial score (nSPS) is 19.2. The maximum Gasteiger partial charge on any atom is 0.419 e. The first-order chi connectivity index (χ1) is 17.3. The minimum Gasteiger partial charge on any atom is -0.465 e. The molecule has 0 spiro atoms. The van der Waals surface area contributed by atoms with Crippen LogP contribution in [0.25, 0.3) is 5.69 Å². The van der Waals surface area contributed by atoms with E-state index in [1.54, 1.807) is 67.2 Å². The summed E-state index contributed by atoms with van der Waals surface area (Å²) in [5, 5.41) is 0. The summed E-state index contributed by atoms with van der Waals surface area (Å²) < 4.78 is 18.1. The molecule has 2 aromatic rings. The lowest BCUT2D eigenvalue weighted by Crippen LogP contribution is -2.44. The van der Waals surface area contributed by atoms with Crippen LogP contribution in [0.2, 0.25) is 0 Å². The predicted octanol–water partition coefficient (Wildman–Crippen LogP) is 5.04. The highest BCUT2D eigenvalue weighted by Gasteiger charge is 2.63. The molecule has 2 heterocycles. The summed E-state index contributed by atoms with van der Waals surface area (Å²) in [6.45, 7) is 12.6. The topological polar surface area (TPSA) is 113 Å². The van der Waals surface area contributed by atoms with Gasteiger partial charge in [0.25, 0.3) is 0 Å². The molecule has 0 saturated heterocycles. The van der Waals surface area contributed by atoms with Gasteiger partial charge in [-0.05, 0) is 85.8 Å². The zero-order valence-corrected chi connectivity index (χ0v) is 22.8. The summed E-state index contributed by atoms with van der Waals surface area (Å²) in [5.41, 5.74) is -0.850. The minimum absolute atomic E-state index is 0.0357. The number of imidazole rings is 1. The van der Waals surface area contributed by atoms with Gasteiger partial charge in [-0.1, -0.05) is 0 Å². The number of imide groups is 1. The van der Waals surface area contributed by atoms with E-state index in [1.165, 1.54) is 0 Å². The summed E-state index contributed by atoms with van der Waals surface area (Å²) in [6.07, 6.45) is 7.02. The van der Waals surface area contributed by atoms with Gasteiger partial charge in [0.1, 0.15) is 16.6 Å². The Morgan fingerprint density at radius 1 is 1.05 bits per heavy atom. The molecule has 2 atom stereocenters. The van der Waals surface area contributed by atoms with Crippen molar-refractivity contribution in [3.05, 3.63) is 42.7 Å². The van der Waals surface area contributed by atoms with E-state index >= 15 is 0 Å². The Balaban J connectivity index is 1.73. The SMILES string of the molecule is CCOC(=O)[C@]1(c2cn(-c3ccncc3)cn2)C[C@@H]1CCCN(C(=O)OC(C)(C)C)C(=O)OC(C)(C)C. The van der Waals surface area contributed by atoms with Crippen molar-refractivity contribution in [2.75, 3.05) is 13.2 Å². The third-order valence-electron chi connectivity index (χ3n) is 5.91. The van der Waals surface area contributed by atoms with Crippen LogP contribution in [0.1, 0.15) is 73.4 Å². The largest absolute Gasteiger partial charge is 0.465 e. The van der Waals surface area contributed by atoms with Gasteiger partial charge in [0, 0.05) is 30.8 Å². The second kappa shape index (κ2) is 10.9. The Hall–Kier alpha value is -3.43. The Morgan fingerprint density at radius 3 is 2.19 bits per heavy atom. The van der Waals surface area contributed by atoms with Crippen LogP contribution in [-0.2, 0) is 24.4 Å². The molecule has 1 saturated carbocycles. The van der Waals surface area contributed by atoms with Crippen LogP contribution in [0.3, 0.4) is 0 Å². The lowest BCUT2D eigenvalue weighted by Gasteiger charge is -2.28. The fourth-order valence-electron chi connectivity index (χ4n) is 4.20. The summed E-state index contributed by atoms with van der Waals surface area (Å²) in [6, 6.07) is 3.71. The third kappa shape index (κ3) is 7.08. The van der Waals surface area contributed by atoms with Gasteiger partial charge in [-0.15, -0.1) is 0 Å². The molecule has 1 aliphatic carbocycles. The van der Waals surface area contributed by atoms with Crippen LogP contribution in [0.5, 0.6) is 0 Å². The monoisotopic (exact) mass is 514 g/mol. The molecule has 0 radical (unpaired) electrons. The van der Waals surface area contributed by atoms with Crippen molar-refractivity contribution in [3.63, 3.8) is 0 Å². The zero-order valence-electron chi connectivity index (χ0n) is 22.8. The van der Waals surface area contributed by atoms with E-state index in [4.69, 9.17) is 14.2 Å². The highest BCUT2D eigenvalue weighted by Crippen LogP contribution is 2.57. The first-order valence-electron chi connectivity index (χ1n) is 12.6. The number of pyridine rings is 1. The Bertz CT molecular complexity index is 1070. The average molecular weight is 515 g/mol. The Morgan fingerprint density at radius 2 is 1.65 bits per heavy atom. The van der Waals surface area contributed by atoms with Crippen molar-refractivity contribution in [3.8, 4) is 5.69 Å². The summed E-state index contributed by atoms with van der Waals surface area (Å²) in [4.78, 5) is 48.2. The molecule has 37 heavy (non-hydrogen) atoms. The van der Waals surface area contributed by atoms with E-state index in [9.17, 15) is 14.4 Å². The van der Waals surface area contributed by atoms with Gasteiger partial charge in [-0.25, -0.2) is 19.5 Å². The number of carbonyl (C=O) groups is 3. The van der Waals surface area contributed by atoms with Crippen LogP contribution in [0, 0.1) is 5.92 Å². The standard InChI is InChI=1S/C27H38N4O6/c1-8-35-22(32)27(21-17-30(18-29-21)20-11-13-28-14-12-20)16-19(27)10-9-15-31(23(33)36-25(2,3)4)24(34)37-26(5,6)7/h11-14,17-19H,8-10,15-16H2,1-7H3/t19-,27+/m0/s1. The molecule has 1 fully saturated rings. The predicted molar refractivity (Wildman–Crippen MR) is 136 cm³/mol. The number of hydrogen-bond acceptors (Lipinski definition) is 8. The van der Waals surface area contributed by atoms with Crippen LogP contribution in [-0.4, -0.2) is 61.9 Å². The maximum absolute atomic E-state index is 13.1. The van der Waals surface area contributed by atoms with Crippen molar-refractivity contribution >= 4 is 18.2 Å². The van der Waals surface area contributed by atoms with Crippen molar-refractivity contribution in [2.24, 2.45) is 5.92 Å². The highest BCUT2D eigenvalue weighted by molar-refractivity contribution is 5.88. The van der Waals surface area contributed by atoms with Crippen LogP contribution < -0.4 is 0 Å². The first kappa shape index (κ1) is 28.1. The molecule has 0 N–H and O–H groups in total. The van der Waals surface area contributed by atoms with E-state index in [2.05, 4.69) is 9.97 Å². The van der Waals surface area contributed by atoms with E-state index in [0.717, 1.165) is 10.6 Å². The van der Waals surface area contributed by atoms with Crippen LogP contribution in [0.4, 0.5) is 9.59 Å². The lowest BCUT2D eigenvalue weighted by molar-refractivity contribution is -0.146. The third-order valence-corrected chi connectivity index (χ3v) is 5.91. The number of ether oxygens (including phenoxy) is 3. The molecule has 10 nitrogen and oxygen atoms in total. The lowest BCUT2D eigenvalue weighted by atomic mass is 9.97. The molecule has 202 valence electrons. The fourth-order valence-corrected chi connectivity index (χ4v) is 4.20. The van der Waals surface area contributed by atoms with Gasteiger partial charge < -0.3 is 18.8 Å². The molecular weight excluding hydrogens is 476 g/mol. The molecule has 1 aliphatic rings. The molecule has 0 unspecified atom stereocenters. The zero-order chi connectivity index (χ0) is 27.4. The second-order valence-corrected chi connectivity index (χ2v) is 11.2. The number of esters is 1.